The van der Waals surface area contributed by atoms with Crippen molar-refractivity contribution in [1.29, 1.82) is 0 Å². The maximum Gasteiger partial charge on any atom is 0.298 e. The predicted octanol–water partition coefficient (Wildman–Crippen LogP) is 3.16. The number of imidazole rings is 1. The molecular formula is C20H19N5O2. The van der Waals surface area contributed by atoms with Crippen LogP contribution in [0, 0.1) is 5.92 Å². The lowest BCUT2D eigenvalue weighted by Gasteiger charge is -2.30. The van der Waals surface area contributed by atoms with Gasteiger partial charge >= 0.3 is 0 Å². The smallest absolute Gasteiger partial charge is 0.298 e. The summed E-state index contributed by atoms with van der Waals surface area (Å²) in [5.74, 6) is -0.0119. The molecule has 136 valence electrons. The molecule has 0 saturated carbocycles. The largest absolute Gasteiger partial charge is 0.423 e. The average molecular weight is 361 g/mol. The van der Waals surface area contributed by atoms with E-state index in [1.54, 1.807) is 11.0 Å². The van der Waals surface area contributed by atoms with Gasteiger partial charge in [-0.3, -0.25) is 10.2 Å². The maximum atomic E-state index is 12.7. The van der Waals surface area contributed by atoms with Crippen molar-refractivity contribution in [3.05, 3.63) is 54.9 Å². The van der Waals surface area contributed by atoms with Crippen LogP contribution in [0.1, 0.15) is 12.8 Å². The Morgan fingerprint density at radius 1 is 1.04 bits per heavy atom. The number of benzene rings is 2. The SMILES string of the molecule is O=C(Nn1cnc2ccccc21)C1CCN(c2nc3ccccc3o2)CC1. The summed E-state index contributed by atoms with van der Waals surface area (Å²) in [5, 5.41) is 0. The topological polar surface area (TPSA) is 76.2 Å². The lowest BCUT2D eigenvalue weighted by molar-refractivity contribution is -0.121. The van der Waals surface area contributed by atoms with E-state index < -0.39 is 0 Å². The van der Waals surface area contributed by atoms with Crippen LogP contribution in [0.3, 0.4) is 0 Å². The minimum absolute atomic E-state index is 0.0235. The first-order valence-electron chi connectivity index (χ1n) is 9.11. The highest BCUT2D eigenvalue weighted by Crippen LogP contribution is 2.26. The van der Waals surface area contributed by atoms with E-state index in [1.807, 2.05) is 48.5 Å². The first-order valence-corrected chi connectivity index (χ1v) is 9.11. The quantitative estimate of drug-likeness (QED) is 0.607. The molecule has 0 radical (unpaired) electrons. The van der Waals surface area contributed by atoms with Crippen molar-refractivity contribution in [2.24, 2.45) is 5.92 Å². The molecule has 27 heavy (non-hydrogen) atoms. The lowest BCUT2D eigenvalue weighted by atomic mass is 9.96. The van der Waals surface area contributed by atoms with Gasteiger partial charge in [-0.2, -0.15) is 4.98 Å². The van der Waals surface area contributed by atoms with Crippen molar-refractivity contribution in [1.82, 2.24) is 14.6 Å². The number of fused-ring (bicyclic) bond motifs is 2. The molecular weight excluding hydrogens is 342 g/mol. The molecule has 1 saturated heterocycles. The fourth-order valence-corrected chi connectivity index (χ4v) is 3.59. The van der Waals surface area contributed by atoms with Crippen LogP contribution in [-0.2, 0) is 4.79 Å². The van der Waals surface area contributed by atoms with E-state index in [-0.39, 0.29) is 11.8 Å². The van der Waals surface area contributed by atoms with Gasteiger partial charge in [0.2, 0.25) is 5.91 Å². The summed E-state index contributed by atoms with van der Waals surface area (Å²) in [4.78, 5) is 23.6. The highest BCUT2D eigenvalue weighted by Gasteiger charge is 2.27. The molecule has 2 aromatic carbocycles. The van der Waals surface area contributed by atoms with E-state index in [0.717, 1.165) is 48.1 Å². The number of aromatic nitrogens is 3. The van der Waals surface area contributed by atoms with Crippen LogP contribution in [0.2, 0.25) is 0 Å². The Hall–Kier alpha value is -3.35. The summed E-state index contributed by atoms with van der Waals surface area (Å²) < 4.78 is 7.54. The number of piperidine rings is 1. The summed E-state index contributed by atoms with van der Waals surface area (Å²) in [7, 11) is 0. The van der Waals surface area contributed by atoms with Crippen LogP contribution < -0.4 is 10.3 Å². The van der Waals surface area contributed by atoms with Crippen LogP contribution in [0.15, 0.2) is 59.3 Å². The zero-order chi connectivity index (χ0) is 18.2. The van der Waals surface area contributed by atoms with Crippen LogP contribution in [0.5, 0.6) is 0 Å². The third-order valence-corrected chi connectivity index (χ3v) is 5.10. The fourth-order valence-electron chi connectivity index (χ4n) is 3.59. The minimum atomic E-state index is -0.0354. The molecule has 5 rings (SSSR count). The van der Waals surface area contributed by atoms with Gasteiger partial charge in [-0.15, -0.1) is 0 Å². The summed E-state index contributed by atoms with van der Waals surface area (Å²) in [6, 6.07) is 16.1. The van der Waals surface area contributed by atoms with Crippen molar-refractivity contribution >= 4 is 34.1 Å². The molecule has 4 aromatic rings. The Morgan fingerprint density at radius 2 is 1.78 bits per heavy atom. The highest BCUT2D eigenvalue weighted by molar-refractivity contribution is 5.88. The van der Waals surface area contributed by atoms with Gasteiger partial charge in [-0.1, -0.05) is 24.3 Å². The van der Waals surface area contributed by atoms with Crippen LogP contribution in [-0.4, -0.2) is 33.6 Å². The standard InChI is InChI=1S/C20H19N5O2/c26-19(23-25-13-21-15-5-1-3-7-17(15)25)14-9-11-24(12-10-14)20-22-16-6-2-4-8-18(16)27-20/h1-8,13-14H,9-12H2,(H,23,26). The molecule has 0 atom stereocenters. The predicted molar refractivity (Wildman–Crippen MR) is 103 cm³/mol. The molecule has 1 fully saturated rings. The van der Waals surface area contributed by atoms with Gasteiger partial charge in [-0.05, 0) is 37.1 Å². The van der Waals surface area contributed by atoms with Gasteiger partial charge in [0.1, 0.15) is 11.8 Å². The second-order valence-electron chi connectivity index (χ2n) is 6.80. The Morgan fingerprint density at radius 3 is 2.59 bits per heavy atom. The fraction of sp³-hybridized carbons (Fsp3) is 0.250. The number of oxazole rings is 1. The molecule has 0 bridgehead atoms. The molecule has 7 heteroatoms. The van der Waals surface area contributed by atoms with Gasteiger partial charge in [0, 0.05) is 19.0 Å². The number of rotatable bonds is 3. The second-order valence-corrected chi connectivity index (χ2v) is 6.80. The van der Waals surface area contributed by atoms with Gasteiger partial charge in [0.15, 0.2) is 5.58 Å². The van der Waals surface area contributed by atoms with Gasteiger partial charge in [0.25, 0.3) is 6.01 Å². The number of para-hydroxylation sites is 4. The molecule has 0 spiro atoms. The summed E-state index contributed by atoms with van der Waals surface area (Å²) in [6.45, 7) is 1.49. The van der Waals surface area contributed by atoms with Crippen molar-refractivity contribution < 1.29 is 9.21 Å². The Balaban J connectivity index is 1.25. The van der Waals surface area contributed by atoms with Crippen LogP contribution in [0.4, 0.5) is 6.01 Å². The van der Waals surface area contributed by atoms with E-state index in [4.69, 9.17) is 4.42 Å². The number of carbonyl (C=O) groups excluding carboxylic acids is 1. The highest BCUT2D eigenvalue weighted by atomic mass is 16.4. The van der Waals surface area contributed by atoms with Crippen molar-refractivity contribution in [2.45, 2.75) is 12.8 Å². The van der Waals surface area contributed by atoms with E-state index in [2.05, 4.69) is 20.3 Å². The average Bonchev–Trinajstić information content (AvgIpc) is 3.32. The van der Waals surface area contributed by atoms with E-state index in [9.17, 15) is 4.79 Å². The van der Waals surface area contributed by atoms with Crippen molar-refractivity contribution in [3.63, 3.8) is 0 Å². The molecule has 2 aromatic heterocycles. The van der Waals surface area contributed by atoms with Gasteiger partial charge in [0.05, 0.1) is 11.0 Å². The zero-order valence-corrected chi connectivity index (χ0v) is 14.7. The molecule has 7 nitrogen and oxygen atoms in total. The van der Waals surface area contributed by atoms with Crippen molar-refractivity contribution in [2.75, 3.05) is 23.4 Å². The molecule has 1 aliphatic rings. The Labute approximate surface area is 155 Å². The molecule has 1 aliphatic heterocycles. The Kier molecular flexibility index (Phi) is 3.78. The number of hydrogen-bond donors (Lipinski definition) is 1. The van der Waals surface area contributed by atoms with Crippen LogP contribution >= 0.6 is 0 Å². The first-order chi connectivity index (χ1) is 13.3. The normalized spacial score (nSPS) is 15.5. The number of amides is 1. The summed E-state index contributed by atoms with van der Waals surface area (Å²) in [6.07, 6.45) is 3.17. The molecule has 1 N–H and O–H groups in total. The van der Waals surface area contributed by atoms with Gasteiger partial charge in [-0.25, -0.2) is 9.66 Å². The maximum absolute atomic E-state index is 12.7. The van der Waals surface area contributed by atoms with E-state index >= 15 is 0 Å². The summed E-state index contributed by atoms with van der Waals surface area (Å²) in [5.41, 5.74) is 6.38. The summed E-state index contributed by atoms with van der Waals surface area (Å²) >= 11 is 0. The minimum Gasteiger partial charge on any atom is -0.423 e. The third kappa shape index (κ3) is 2.91. The monoisotopic (exact) mass is 361 g/mol. The number of anilines is 1. The number of carbonyl (C=O) groups is 1. The van der Waals surface area contributed by atoms with Crippen molar-refractivity contribution in [3.8, 4) is 0 Å². The number of hydrogen-bond acceptors (Lipinski definition) is 5. The second kappa shape index (κ2) is 6.42. The first kappa shape index (κ1) is 15.9. The van der Waals surface area contributed by atoms with Gasteiger partial charge < -0.3 is 9.32 Å². The van der Waals surface area contributed by atoms with Crippen LogP contribution in [0.25, 0.3) is 22.1 Å². The molecule has 3 heterocycles. The third-order valence-electron chi connectivity index (χ3n) is 5.10. The van der Waals surface area contributed by atoms with E-state index in [0.29, 0.717) is 6.01 Å². The molecule has 0 unspecified atom stereocenters. The molecule has 0 aliphatic carbocycles. The van der Waals surface area contributed by atoms with E-state index in [1.165, 1.54) is 0 Å². The molecule has 1 amide bonds. The Bertz CT molecular complexity index is 1070. The number of nitrogens with one attached hydrogen (secondary N) is 1. The number of nitrogens with zero attached hydrogens (tertiary/aromatic N) is 4. The zero-order valence-electron chi connectivity index (χ0n) is 14.7. The lowest BCUT2D eigenvalue weighted by Crippen LogP contribution is -2.39.